The Morgan fingerprint density at radius 2 is 2.11 bits per heavy atom. The molecule has 0 radical (unpaired) electrons. The first-order valence-electron chi connectivity index (χ1n) is 6.84. The van der Waals surface area contributed by atoms with E-state index in [1.165, 1.54) is 11.3 Å². The van der Waals surface area contributed by atoms with Crippen molar-refractivity contribution in [2.45, 2.75) is 46.1 Å². The number of hydrogen-bond donors (Lipinski definition) is 1. The van der Waals surface area contributed by atoms with E-state index in [1.807, 2.05) is 18.8 Å². The van der Waals surface area contributed by atoms with Gasteiger partial charge < -0.3 is 10.1 Å². The Kier molecular flexibility index (Phi) is 6.36. The van der Waals surface area contributed by atoms with Gasteiger partial charge in [0.25, 0.3) is 0 Å². The molecular formula is C14H27N3O. The molecule has 0 aliphatic carbocycles. The Morgan fingerprint density at radius 3 is 2.61 bits per heavy atom. The molecule has 4 nitrogen and oxygen atoms in total. The summed E-state index contributed by atoms with van der Waals surface area (Å²) < 4.78 is 7.57. The first kappa shape index (κ1) is 15.2. The smallest absolute Gasteiger partial charge is 0.0628 e. The quantitative estimate of drug-likeness (QED) is 0.720. The predicted octanol–water partition coefficient (Wildman–Crippen LogP) is 1.98. The Balaban J connectivity index is 2.46. The van der Waals surface area contributed by atoms with E-state index < -0.39 is 0 Å². The summed E-state index contributed by atoms with van der Waals surface area (Å²) in [7, 11) is 4.01. The molecule has 1 rings (SSSR count). The zero-order valence-electron chi connectivity index (χ0n) is 12.4. The second kappa shape index (κ2) is 7.54. The fourth-order valence-electron chi connectivity index (χ4n) is 2.18. The summed E-state index contributed by atoms with van der Waals surface area (Å²) in [5.41, 5.74) is 3.81. The lowest BCUT2D eigenvalue weighted by atomic mass is 10.0. The first-order valence-corrected chi connectivity index (χ1v) is 6.84. The fraction of sp³-hybridized carbons (Fsp3) is 0.786. The molecule has 18 heavy (non-hydrogen) atoms. The highest BCUT2D eigenvalue weighted by Gasteiger charge is 2.12. The van der Waals surface area contributed by atoms with Crippen molar-refractivity contribution in [2.75, 3.05) is 20.3 Å². The summed E-state index contributed by atoms with van der Waals surface area (Å²) in [4.78, 5) is 0. The van der Waals surface area contributed by atoms with Crippen LogP contribution in [-0.4, -0.2) is 36.1 Å². The Labute approximate surface area is 111 Å². The van der Waals surface area contributed by atoms with Gasteiger partial charge in [-0.1, -0.05) is 6.92 Å². The highest BCUT2D eigenvalue weighted by molar-refractivity contribution is 5.24. The molecule has 4 heteroatoms. The van der Waals surface area contributed by atoms with Crippen LogP contribution in [0.2, 0.25) is 0 Å². The fourth-order valence-corrected chi connectivity index (χ4v) is 2.18. The molecule has 0 aromatic carbocycles. The Hall–Kier alpha value is -0.870. The molecule has 1 N–H and O–H groups in total. The van der Waals surface area contributed by atoms with Gasteiger partial charge in [-0.25, -0.2) is 0 Å². The zero-order valence-corrected chi connectivity index (χ0v) is 12.4. The van der Waals surface area contributed by atoms with Gasteiger partial charge in [-0.05, 0) is 45.7 Å². The minimum absolute atomic E-state index is 0.426. The molecule has 1 aromatic rings. The lowest BCUT2D eigenvalue weighted by molar-refractivity contribution is 0.111. The monoisotopic (exact) mass is 253 g/mol. The average Bonchev–Trinajstić information content (AvgIpc) is 2.59. The van der Waals surface area contributed by atoms with Crippen LogP contribution in [0.1, 0.15) is 36.7 Å². The maximum Gasteiger partial charge on any atom is 0.0628 e. The van der Waals surface area contributed by atoms with E-state index in [4.69, 9.17) is 4.74 Å². The molecule has 1 heterocycles. The van der Waals surface area contributed by atoms with E-state index >= 15 is 0 Å². The number of aryl methyl sites for hydroxylation is 2. The van der Waals surface area contributed by atoms with E-state index in [0.717, 1.165) is 38.2 Å². The van der Waals surface area contributed by atoms with Gasteiger partial charge in [-0.3, -0.25) is 4.68 Å². The molecule has 1 unspecified atom stereocenters. The Morgan fingerprint density at radius 1 is 1.39 bits per heavy atom. The minimum atomic E-state index is 0.426. The molecule has 0 aliphatic rings. The third-order valence-corrected chi connectivity index (χ3v) is 3.48. The third kappa shape index (κ3) is 4.10. The van der Waals surface area contributed by atoms with Crippen LogP contribution in [0.4, 0.5) is 0 Å². The largest absolute Gasteiger partial charge is 0.380 e. The summed E-state index contributed by atoms with van der Waals surface area (Å²) in [6, 6.07) is 0.426. The predicted molar refractivity (Wildman–Crippen MR) is 75.0 cm³/mol. The van der Waals surface area contributed by atoms with Crippen molar-refractivity contribution in [1.29, 1.82) is 0 Å². The van der Waals surface area contributed by atoms with Crippen molar-refractivity contribution in [3.05, 3.63) is 17.0 Å². The molecule has 0 aliphatic heterocycles. The zero-order chi connectivity index (χ0) is 13.5. The molecule has 1 aromatic heterocycles. The molecule has 1 atom stereocenters. The molecule has 0 spiro atoms. The minimum Gasteiger partial charge on any atom is -0.380 e. The van der Waals surface area contributed by atoms with Crippen LogP contribution in [0.3, 0.4) is 0 Å². The molecule has 0 bridgehead atoms. The lowest BCUT2D eigenvalue weighted by Gasteiger charge is -2.16. The van der Waals surface area contributed by atoms with Crippen LogP contribution in [0.25, 0.3) is 0 Å². The van der Waals surface area contributed by atoms with E-state index in [-0.39, 0.29) is 0 Å². The summed E-state index contributed by atoms with van der Waals surface area (Å²) in [5.74, 6) is 0. The van der Waals surface area contributed by atoms with Crippen LogP contribution in [0, 0.1) is 13.8 Å². The van der Waals surface area contributed by atoms with Gasteiger partial charge >= 0.3 is 0 Å². The average molecular weight is 253 g/mol. The van der Waals surface area contributed by atoms with Gasteiger partial charge in [-0.15, -0.1) is 0 Å². The summed E-state index contributed by atoms with van der Waals surface area (Å²) in [6.45, 7) is 8.00. The molecule has 104 valence electrons. The summed E-state index contributed by atoms with van der Waals surface area (Å²) >= 11 is 0. The third-order valence-electron chi connectivity index (χ3n) is 3.48. The first-order chi connectivity index (χ1) is 8.60. The maximum absolute atomic E-state index is 5.61. The van der Waals surface area contributed by atoms with Gasteiger partial charge in [-0.2, -0.15) is 5.10 Å². The van der Waals surface area contributed by atoms with Gasteiger partial charge in [0.2, 0.25) is 0 Å². The summed E-state index contributed by atoms with van der Waals surface area (Å²) in [5, 5.41) is 7.78. The van der Waals surface area contributed by atoms with Crippen LogP contribution in [0.15, 0.2) is 0 Å². The second-order valence-corrected chi connectivity index (χ2v) is 4.87. The maximum atomic E-state index is 5.61. The standard InChI is InChI=1S/C14H27N3O/c1-6-9-18-10-13(15-4)7-8-14-11(2)16-17(5)12(14)3/h13,15H,6-10H2,1-5H3. The second-order valence-electron chi connectivity index (χ2n) is 4.87. The van der Waals surface area contributed by atoms with E-state index in [0.29, 0.717) is 6.04 Å². The highest BCUT2D eigenvalue weighted by Crippen LogP contribution is 2.15. The number of ether oxygens (including phenoxy) is 1. The van der Waals surface area contributed by atoms with Gasteiger partial charge in [0.05, 0.1) is 12.3 Å². The summed E-state index contributed by atoms with van der Waals surface area (Å²) in [6.07, 6.45) is 3.23. The van der Waals surface area contributed by atoms with Gasteiger partial charge in [0, 0.05) is 25.4 Å². The van der Waals surface area contributed by atoms with Crippen molar-refractivity contribution in [3.63, 3.8) is 0 Å². The molecule has 0 fully saturated rings. The van der Waals surface area contributed by atoms with E-state index in [9.17, 15) is 0 Å². The van der Waals surface area contributed by atoms with Crippen molar-refractivity contribution >= 4 is 0 Å². The molecule has 0 saturated carbocycles. The number of hydrogen-bond acceptors (Lipinski definition) is 3. The highest BCUT2D eigenvalue weighted by atomic mass is 16.5. The number of nitrogens with zero attached hydrogens (tertiary/aromatic N) is 2. The van der Waals surface area contributed by atoms with E-state index in [2.05, 4.69) is 31.2 Å². The molecule has 0 amide bonds. The van der Waals surface area contributed by atoms with Crippen LogP contribution in [0.5, 0.6) is 0 Å². The van der Waals surface area contributed by atoms with E-state index in [1.54, 1.807) is 0 Å². The van der Waals surface area contributed by atoms with Gasteiger partial charge in [0.1, 0.15) is 0 Å². The lowest BCUT2D eigenvalue weighted by Crippen LogP contribution is -2.31. The van der Waals surface area contributed by atoms with Crippen molar-refractivity contribution in [1.82, 2.24) is 15.1 Å². The number of aromatic nitrogens is 2. The molecule has 0 saturated heterocycles. The topological polar surface area (TPSA) is 39.1 Å². The van der Waals surface area contributed by atoms with Crippen molar-refractivity contribution in [2.24, 2.45) is 7.05 Å². The number of likely N-dealkylation sites (N-methyl/N-ethyl adjacent to an activating group) is 1. The number of rotatable bonds is 8. The van der Waals surface area contributed by atoms with Crippen LogP contribution >= 0.6 is 0 Å². The normalized spacial score (nSPS) is 12.9. The number of nitrogens with one attached hydrogen (secondary N) is 1. The Bertz CT molecular complexity index is 360. The van der Waals surface area contributed by atoms with Crippen molar-refractivity contribution in [3.8, 4) is 0 Å². The van der Waals surface area contributed by atoms with Crippen LogP contribution in [-0.2, 0) is 18.2 Å². The SMILES string of the molecule is CCCOCC(CCc1c(C)nn(C)c1C)NC. The van der Waals surface area contributed by atoms with Crippen molar-refractivity contribution < 1.29 is 4.74 Å². The van der Waals surface area contributed by atoms with Gasteiger partial charge in [0.15, 0.2) is 0 Å². The van der Waals surface area contributed by atoms with Crippen LogP contribution < -0.4 is 5.32 Å². The molecular weight excluding hydrogens is 226 g/mol.